The highest BCUT2D eigenvalue weighted by molar-refractivity contribution is 5.43. The summed E-state index contributed by atoms with van der Waals surface area (Å²) in [6.07, 6.45) is 7.99. The van der Waals surface area contributed by atoms with E-state index in [1.54, 1.807) is 18.6 Å². The largest absolute Gasteiger partial charge is 0.331 e. The first kappa shape index (κ1) is 9.79. The SMILES string of the molecule is Cn1ccnc1-c1ncc(CCN)cn1. The first-order chi connectivity index (χ1) is 7.31. The molecule has 5 nitrogen and oxygen atoms in total. The molecule has 2 heterocycles. The van der Waals surface area contributed by atoms with Gasteiger partial charge in [0.2, 0.25) is 0 Å². The van der Waals surface area contributed by atoms with E-state index in [9.17, 15) is 0 Å². The van der Waals surface area contributed by atoms with Gasteiger partial charge < -0.3 is 10.3 Å². The predicted octanol–water partition coefficient (Wildman–Crippen LogP) is 0.378. The average Bonchev–Trinajstić information content (AvgIpc) is 2.66. The van der Waals surface area contributed by atoms with Crippen LogP contribution < -0.4 is 5.73 Å². The third-order valence-corrected chi connectivity index (χ3v) is 2.16. The van der Waals surface area contributed by atoms with Gasteiger partial charge in [0.15, 0.2) is 11.6 Å². The van der Waals surface area contributed by atoms with Gasteiger partial charge >= 0.3 is 0 Å². The normalized spacial score (nSPS) is 10.5. The van der Waals surface area contributed by atoms with Gasteiger partial charge in [-0.3, -0.25) is 0 Å². The van der Waals surface area contributed by atoms with E-state index >= 15 is 0 Å². The molecule has 0 amide bonds. The summed E-state index contributed by atoms with van der Waals surface area (Å²) in [6.45, 7) is 0.616. The Labute approximate surface area is 88.0 Å². The maximum atomic E-state index is 5.45. The maximum Gasteiger partial charge on any atom is 0.195 e. The molecule has 78 valence electrons. The second-order valence-corrected chi connectivity index (χ2v) is 3.32. The molecule has 0 fully saturated rings. The van der Waals surface area contributed by atoms with Crippen molar-refractivity contribution < 1.29 is 0 Å². The lowest BCUT2D eigenvalue weighted by molar-refractivity contribution is 0.895. The number of nitrogens with two attached hydrogens (primary N) is 1. The Morgan fingerprint density at radius 1 is 1.27 bits per heavy atom. The van der Waals surface area contributed by atoms with Crippen LogP contribution in [0.2, 0.25) is 0 Å². The van der Waals surface area contributed by atoms with Crippen LogP contribution in [0.15, 0.2) is 24.8 Å². The first-order valence-corrected chi connectivity index (χ1v) is 4.80. The fourth-order valence-electron chi connectivity index (χ4n) is 1.35. The zero-order valence-electron chi connectivity index (χ0n) is 8.59. The molecular weight excluding hydrogens is 190 g/mol. The predicted molar refractivity (Wildman–Crippen MR) is 57.0 cm³/mol. The summed E-state index contributed by atoms with van der Waals surface area (Å²) in [7, 11) is 1.92. The van der Waals surface area contributed by atoms with Gasteiger partial charge in [0.1, 0.15) is 0 Å². The van der Waals surface area contributed by atoms with Crippen LogP contribution in [-0.2, 0) is 13.5 Å². The minimum atomic E-state index is 0.616. The standard InChI is InChI=1S/C10H13N5/c1-15-5-4-12-10(15)9-13-6-8(2-3-11)7-14-9/h4-7H,2-3,11H2,1H3. The molecule has 0 bridgehead atoms. The van der Waals surface area contributed by atoms with Crippen LogP contribution in [0, 0.1) is 0 Å². The highest BCUT2D eigenvalue weighted by atomic mass is 15.1. The third kappa shape index (κ3) is 2.02. The van der Waals surface area contributed by atoms with Gasteiger partial charge in [0.25, 0.3) is 0 Å². The number of aryl methyl sites for hydroxylation is 1. The van der Waals surface area contributed by atoms with Crippen LogP contribution in [0.3, 0.4) is 0 Å². The van der Waals surface area contributed by atoms with Crippen molar-refractivity contribution in [2.45, 2.75) is 6.42 Å². The minimum absolute atomic E-state index is 0.616. The van der Waals surface area contributed by atoms with Crippen LogP contribution in [0.1, 0.15) is 5.56 Å². The molecule has 0 aliphatic heterocycles. The molecule has 0 aliphatic carbocycles. The van der Waals surface area contributed by atoms with Crippen LogP contribution in [0.4, 0.5) is 0 Å². The van der Waals surface area contributed by atoms with Crippen molar-refractivity contribution in [3.8, 4) is 11.6 Å². The van der Waals surface area contributed by atoms with Gasteiger partial charge in [-0.15, -0.1) is 0 Å². The topological polar surface area (TPSA) is 69.6 Å². The molecule has 0 spiro atoms. The molecule has 0 aliphatic rings. The van der Waals surface area contributed by atoms with Gasteiger partial charge in [0, 0.05) is 31.8 Å². The van der Waals surface area contributed by atoms with Crippen LogP contribution in [0.25, 0.3) is 11.6 Å². The van der Waals surface area contributed by atoms with E-state index in [4.69, 9.17) is 5.73 Å². The number of nitrogens with zero attached hydrogens (tertiary/aromatic N) is 4. The summed E-state index contributed by atoms with van der Waals surface area (Å²) in [5.74, 6) is 1.41. The molecule has 2 N–H and O–H groups in total. The van der Waals surface area contributed by atoms with Gasteiger partial charge in [-0.1, -0.05) is 0 Å². The average molecular weight is 203 g/mol. The molecule has 2 aromatic heterocycles. The van der Waals surface area contributed by atoms with Crippen LogP contribution in [0.5, 0.6) is 0 Å². The van der Waals surface area contributed by atoms with Crippen molar-refractivity contribution in [2.75, 3.05) is 6.54 Å². The van der Waals surface area contributed by atoms with Gasteiger partial charge in [0.05, 0.1) is 0 Å². The fourth-order valence-corrected chi connectivity index (χ4v) is 1.35. The Morgan fingerprint density at radius 3 is 2.53 bits per heavy atom. The summed E-state index contributed by atoms with van der Waals surface area (Å²) in [5, 5.41) is 0. The maximum absolute atomic E-state index is 5.45. The summed E-state index contributed by atoms with van der Waals surface area (Å²) < 4.78 is 1.89. The molecular formula is C10H13N5. The van der Waals surface area contributed by atoms with E-state index in [0.29, 0.717) is 12.4 Å². The van der Waals surface area contributed by atoms with E-state index in [0.717, 1.165) is 17.8 Å². The lowest BCUT2D eigenvalue weighted by Crippen LogP contribution is -2.04. The molecule has 2 rings (SSSR count). The van der Waals surface area contributed by atoms with Crippen LogP contribution in [-0.4, -0.2) is 26.1 Å². The zero-order valence-corrected chi connectivity index (χ0v) is 8.59. The highest BCUT2D eigenvalue weighted by Crippen LogP contribution is 2.10. The highest BCUT2D eigenvalue weighted by Gasteiger charge is 2.05. The van der Waals surface area contributed by atoms with Gasteiger partial charge in [-0.25, -0.2) is 15.0 Å². The number of hydrogen-bond acceptors (Lipinski definition) is 4. The quantitative estimate of drug-likeness (QED) is 0.782. The lowest BCUT2D eigenvalue weighted by atomic mass is 10.2. The van der Waals surface area contributed by atoms with Crippen molar-refractivity contribution in [3.05, 3.63) is 30.4 Å². The van der Waals surface area contributed by atoms with Crippen molar-refractivity contribution >= 4 is 0 Å². The molecule has 0 saturated heterocycles. The van der Waals surface area contributed by atoms with Gasteiger partial charge in [-0.05, 0) is 18.5 Å². The molecule has 0 atom stereocenters. The third-order valence-electron chi connectivity index (χ3n) is 2.16. The number of rotatable bonds is 3. The second-order valence-electron chi connectivity index (χ2n) is 3.32. The number of aromatic nitrogens is 4. The molecule has 2 aromatic rings. The zero-order chi connectivity index (χ0) is 10.7. The molecule has 0 aromatic carbocycles. The molecule has 0 saturated carbocycles. The summed E-state index contributed by atoms with van der Waals surface area (Å²) in [4.78, 5) is 12.7. The summed E-state index contributed by atoms with van der Waals surface area (Å²) >= 11 is 0. The van der Waals surface area contributed by atoms with Crippen LogP contribution >= 0.6 is 0 Å². The second kappa shape index (κ2) is 4.18. The van der Waals surface area contributed by atoms with Crippen molar-refractivity contribution in [1.29, 1.82) is 0 Å². The first-order valence-electron chi connectivity index (χ1n) is 4.80. The Morgan fingerprint density at radius 2 is 2.00 bits per heavy atom. The Kier molecular flexibility index (Phi) is 2.73. The van der Waals surface area contributed by atoms with Gasteiger partial charge in [-0.2, -0.15) is 0 Å². The van der Waals surface area contributed by atoms with E-state index in [1.807, 2.05) is 17.8 Å². The van der Waals surface area contributed by atoms with Crippen molar-refractivity contribution in [3.63, 3.8) is 0 Å². The molecule has 15 heavy (non-hydrogen) atoms. The Balaban J connectivity index is 2.28. The van der Waals surface area contributed by atoms with E-state index in [2.05, 4.69) is 15.0 Å². The smallest absolute Gasteiger partial charge is 0.195 e. The molecule has 0 unspecified atom stereocenters. The van der Waals surface area contributed by atoms with Crippen molar-refractivity contribution in [2.24, 2.45) is 12.8 Å². The van der Waals surface area contributed by atoms with E-state index in [-0.39, 0.29) is 0 Å². The summed E-state index contributed by atoms with van der Waals surface area (Å²) in [5.41, 5.74) is 6.50. The van der Waals surface area contributed by atoms with E-state index < -0.39 is 0 Å². The lowest BCUT2D eigenvalue weighted by Gasteiger charge is -2.01. The number of hydrogen-bond donors (Lipinski definition) is 1. The Bertz CT molecular complexity index is 431. The fraction of sp³-hybridized carbons (Fsp3) is 0.300. The minimum Gasteiger partial charge on any atom is -0.331 e. The Hall–Kier alpha value is -1.75. The van der Waals surface area contributed by atoms with E-state index in [1.165, 1.54) is 0 Å². The summed E-state index contributed by atoms with van der Waals surface area (Å²) in [6, 6.07) is 0. The molecule has 5 heteroatoms. The number of imidazole rings is 1. The molecule has 0 radical (unpaired) electrons. The monoisotopic (exact) mass is 203 g/mol. The van der Waals surface area contributed by atoms with Crippen molar-refractivity contribution in [1.82, 2.24) is 19.5 Å².